The molecule has 0 bridgehead atoms. The molecule has 2 rings (SSSR count). The van der Waals surface area contributed by atoms with Crippen molar-refractivity contribution in [2.24, 2.45) is 0 Å². The molecule has 2 aromatic rings. The average molecular weight is 298 g/mol. The van der Waals surface area contributed by atoms with Crippen LogP contribution in [0.3, 0.4) is 0 Å². The number of aryl methyl sites for hydroxylation is 4. The van der Waals surface area contributed by atoms with Crippen LogP contribution in [0.1, 0.15) is 42.5 Å². The Morgan fingerprint density at radius 3 is 1.33 bits per heavy atom. The lowest BCUT2D eigenvalue weighted by molar-refractivity contribution is 0.899. The zero-order valence-electron chi connectivity index (χ0n) is 14.2. The standard InChI is InChI=1S/C20H27P/c1-7-18(6)21(19-10-14(2)8-15(3)11-19)20-12-16(4)9-17(5)13-20/h8-13,18H,7H2,1-6H3/t18-/m1/s1. The van der Waals surface area contributed by atoms with Gasteiger partial charge in [-0.2, -0.15) is 0 Å². The second kappa shape index (κ2) is 6.75. The van der Waals surface area contributed by atoms with Crippen LogP contribution in [0.15, 0.2) is 36.4 Å². The minimum Gasteiger partial charge on any atom is -0.0648 e. The molecule has 0 N–H and O–H groups in total. The Bertz CT molecular complexity index is 536. The topological polar surface area (TPSA) is 0 Å². The third kappa shape index (κ3) is 3.95. The van der Waals surface area contributed by atoms with E-state index < -0.39 is 0 Å². The number of hydrogen-bond acceptors (Lipinski definition) is 0. The van der Waals surface area contributed by atoms with Gasteiger partial charge in [0.1, 0.15) is 0 Å². The summed E-state index contributed by atoms with van der Waals surface area (Å²) in [6.07, 6.45) is 1.23. The van der Waals surface area contributed by atoms with Crippen LogP contribution in [0.25, 0.3) is 0 Å². The predicted molar refractivity (Wildman–Crippen MR) is 97.8 cm³/mol. The van der Waals surface area contributed by atoms with Crippen molar-refractivity contribution >= 4 is 18.5 Å². The molecule has 112 valence electrons. The van der Waals surface area contributed by atoms with Gasteiger partial charge < -0.3 is 0 Å². The second-order valence-corrected chi connectivity index (χ2v) is 8.97. The molecule has 0 unspecified atom stereocenters. The number of rotatable bonds is 4. The lowest BCUT2D eigenvalue weighted by Crippen LogP contribution is -2.20. The van der Waals surface area contributed by atoms with Gasteiger partial charge in [0.25, 0.3) is 0 Å². The molecule has 21 heavy (non-hydrogen) atoms. The van der Waals surface area contributed by atoms with Gasteiger partial charge in [0, 0.05) is 0 Å². The van der Waals surface area contributed by atoms with Crippen molar-refractivity contribution in [3.05, 3.63) is 58.7 Å². The molecule has 0 aliphatic heterocycles. The molecule has 0 aromatic heterocycles. The van der Waals surface area contributed by atoms with Crippen molar-refractivity contribution in [1.29, 1.82) is 0 Å². The Labute approximate surface area is 131 Å². The van der Waals surface area contributed by atoms with E-state index in [0.717, 1.165) is 0 Å². The highest BCUT2D eigenvalue weighted by atomic mass is 31.1. The molecule has 0 fully saturated rings. The van der Waals surface area contributed by atoms with E-state index in [1.54, 1.807) is 0 Å². The van der Waals surface area contributed by atoms with E-state index in [1.165, 1.54) is 39.3 Å². The van der Waals surface area contributed by atoms with E-state index in [4.69, 9.17) is 0 Å². The highest BCUT2D eigenvalue weighted by molar-refractivity contribution is 7.73. The minimum atomic E-state index is -0.277. The van der Waals surface area contributed by atoms with E-state index in [0.29, 0.717) is 5.66 Å². The van der Waals surface area contributed by atoms with Crippen molar-refractivity contribution in [2.45, 2.75) is 53.6 Å². The fourth-order valence-electron chi connectivity index (χ4n) is 3.02. The summed E-state index contributed by atoms with van der Waals surface area (Å²) in [7, 11) is -0.277. The molecular weight excluding hydrogens is 271 g/mol. The van der Waals surface area contributed by atoms with Crippen molar-refractivity contribution in [2.75, 3.05) is 0 Å². The Morgan fingerprint density at radius 2 is 1.05 bits per heavy atom. The highest BCUT2D eigenvalue weighted by Gasteiger charge is 2.20. The summed E-state index contributed by atoms with van der Waals surface area (Å²) in [4.78, 5) is 0. The summed E-state index contributed by atoms with van der Waals surface area (Å²) in [6.45, 7) is 13.6. The lowest BCUT2D eigenvalue weighted by atomic mass is 10.2. The molecular formula is C20H27P. The number of hydrogen-bond donors (Lipinski definition) is 0. The van der Waals surface area contributed by atoms with E-state index >= 15 is 0 Å². The van der Waals surface area contributed by atoms with Crippen molar-refractivity contribution in [1.82, 2.24) is 0 Å². The summed E-state index contributed by atoms with van der Waals surface area (Å²) in [5, 5.41) is 3.06. The summed E-state index contributed by atoms with van der Waals surface area (Å²) < 4.78 is 0. The average Bonchev–Trinajstić information content (AvgIpc) is 2.36. The Balaban J connectivity index is 2.57. The first-order chi connectivity index (χ1) is 9.90. The van der Waals surface area contributed by atoms with Gasteiger partial charge in [0.05, 0.1) is 0 Å². The van der Waals surface area contributed by atoms with E-state index in [1.807, 2.05) is 0 Å². The maximum absolute atomic E-state index is 2.40. The third-order valence-electron chi connectivity index (χ3n) is 4.00. The van der Waals surface area contributed by atoms with Gasteiger partial charge in [0.15, 0.2) is 0 Å². The molecule has 0 aliphatic rings. The molecule has 0 saturated heterocycles. The molecule has 1 atom stereocenters. The molecule has 0 spiro atoms. The highest BCUT2D eigenvalue weighted by Crippen LogP contribution is 2.41. The molecule has 1 heteroatoms. The zero-order chi connectivity index (χ0) is 15.6. The zero-order valence-corrected chi connectivity index (χ0v) is 15.1. The van der Waals surface area contributed by atoms with Gasteiger partial charge in [-0.05, 0) is 58.3 Å². The normalized spacial score (nSPS) is 12.7. The Hall–Kier alpha value is -1.13. The van der Waals surface area contributed by atoms with Gasteiger partial charge in [-0.1, -0.05) is 72.5 Å². The number of benzene rings is 2. The van der Waals surface area contributed by atoms with Crippen LogP contribution in [0, 0.1) is 27.7 Å². The Morgan fingerprint density at radius 1 is 0.714 bits per heavy atom. The van der Waals surface area contributed by atoms with E-state index in [9.17, 15) is 0 Å². The smallest absolute Gasteiger partial charge is 0.0160 e. The molecule has 2 aromatic carbocycles. The SMILES string of the molecule is CC[C@@H](C)P(c1cc(C)cc(C)c1)c1cc(C)cc(C)c1. The van der Waals surface area contributed by atoms with Crippen molar-refractivity contribution in [3.63, 3.8) is 0 Å². The summed E-state index contributed by atoms with van der Waals surface area (Å²) in [5.41, 5.74) is 6.23. The lowest BCUT2D eigenvalue weighted by Gasteiger charge is -2.26. The molecule has 0 radical (unpaired) electrons. The minimum absolute atomic E-state index is 0.277. The second-order valence-electron chi connectivity index (χ2n) is 6.32. The largest absolute Gasteiger partial charge is 0.0648 e. The molecule has 0 aliphatic carbocycles. The van der Waals surface area contributed by atoms with Crippen LogP contribution in [0.5, 0.6) is 0 Å². The Kier molecular flexibility index (Phi) is 5.22. The van der Waals surface area contributed by atoms with Gasteiger partial charge in [0.2, 0.25) is 0 Å². The first-order valence-corrected chi connectivity index (χ1v) is 9.27. The van der Waals surface area contributed by atoms with Crippen LogP contribution in [-0.2, 0) is 0 Å². The quantitative estimate of drug-likeness (QED) is 0.685. The monoisotopic (exact) mass is 298 g/mol. The van der Waals surface area contributed by atoms with Gasteiger partial charge in [-0.15, -0.1) is 0 Å². The third-order valence-corrected chi connectivity index (χ3v) is 6.88. The predicted octanol–water partition coefficient (Wildman–Crippen LogP) is 5.15. The molecule has 0 amide bonds. The molecule has 0 heterocycles. The van der Waals surface area contributed by atoms with Gasteiger partial charge in [-0.3, -0.25) is 0 Å². The van der Waals surface area contributed by atoms with Crippen LogP contribution in [0.4, 0.5) is 0 Å². The summed E-state index contributed by atoms with van der Waals surface area (Å²) in [6, 6.07) is 14.1. The van der Waals surface area contributed by atoms with Crippen LogP contribution in [-0.4, -0.2) is 5.66 Å². The van der Waals surface area contributed by atoms with E-state index in [-0.39, 0.29) is 7.92 Å². The van der Waals surface area contributed by atoms with Gasteiger partial charge >= 0.3 is 0 Å². The summed E-state index contributed by atoms with van der Waals surface area (Å²) >= 11 is 0. The fourth-order valence-corrected chi connectivity index (χ4v) is 6.07. The summed E-state index contributed by atoms with van der Waals surface area (Å²) in [5.74, 6) is 0. The maximum Gasteiger partial charge on any atom is -0.0160 e. The van der Waals surface area contributed by atoms with Crippen LogP contribution in [0.2, 0.25) is 0 Å². The molecule has 0 nitrogen and oxygen atoms in total. The molecule has 0 saturated carbocycles. The first-order valence-electron chi connectivity index (χ1n) is 7.86. The van der Waals surface area contributed by atoms with Crippen LogP contribution < -0.4 is 10.6 Å². The maximum atomic E-state index is 2.40. The fraction of sp³-hybridized carbons (Fsp3) is 0.400. The first kappa shape index (κ1) is 16.2. The van der Waals surface area contributed by atoms with Crippen molar-refractivity contribution in [3.8, 4) is 0 Å². The van der Waals surface area contributed by atoms with Crippen LogP contribution >= 0.6 is 7.92 Å². The van der Waals surface area contributed by atoms with E-state index in [2.05, 4.69) is 77.9 Å². The van der Waals surface area contributed by atoms with Crippen molar-refractivity contribution < 1.29 is 0 Å². The van der Waals surface area contributed by atoms with Gasteiger partial charge in [-0.25, -0.2) is 0 Å².